The van der Waals surface area contributed by atoms with Gasteiger partial charge >= 0.3 is 0 Å². The van der Waals surface area contributed by atoms with E-state index >= 15 is 0 Å². The maximum Gasteiger partial charge on any atom is 0.195 e. The number of aromatic amines is 1. The van der Waals surface area contributed by atoms with Crippen LogP contribution in [0.5, 0.6) is 11.8 Å². The van der Waals surface area contributed by atoms with Crippen molar-refractivity contribution >= 4 is 0 Å². The molecule has 0 fully saturated rings. The Labute approximate surface area is 82.1 Å². The van der Waals surface area contributed by atoms with Gasteiger partial charge in [0, 0.05) is 23.0 Å². The van der Waals surface area contributed by atoms with Gasteiger partial charge in [-0.1, -0.05) is 18.6 Å². The van der Waals surface area contributed by atoms with Crippen LogP contribution in [0, 0.1) is 0 Å². The van der Waals surface area contributed by atoms with Crippen molar-refractivity contribution in [3.8, 4) is 11.8 Å². The van der Waals surface area contributed by atoms with Crippen molar-refractivity contribution in [1.29, 1.82) is 0 Å². The van der Waals surface area contributed by atoms with Gasteiger partial charge in [-0.3, -0.25) is 4.98 Å². The van der Waals surface area contributed by atoms with E-state index in [-0.39, 0.29) is 11.8 Å². The summed E-state index contributed by atoms with van der Waals surface area (Å²) in [6.07, 6.45) is 7.63. The van der Waals surface area contributed by atoms with Gasteiger partial charge < -0.3 is 10.2 Å². The Bertz CT molecular complexity index is 371. The highest BCUT2D eigenvalue weighted by molar-refractivity contribution is 5.53. The van der Waals surface area contributed by atoms with E-state index in [0.717, 1.165) is 30.4 Å². The second-order valence-electron chi connectivity index (χ2n) is 4.18. The molecule has 0 saturated carbocycles. The molecular formula is C11H13NO2. The first kappa shape index (κ1) is 7.97. The van der Waals surface area contributed by atoms with Gasteiger partial charge in [0.25, 0.3) is 0 Å². The second kappa shape index (κ2) is 2.56. The van der Waals surface area contributed by atoms with Crippen molar-refractivity contribution < 1.29 is 10.2 Å². The molecule has 0 saturated heterocycles. The second-order valence-corrected chi connectivity index (χ2v) is 4.18. The molecule has 1 aromatic rings. The highest BCUT2D eigenvalue weighted by atomic mass is 16.3. The quantitative estimate of drug-likeness (QED) is 0.551. The number of allylic oxidation sites excluding steroid dienone is 2. The zero-order valence-corrected chi connectivity index (χ0v) is 7.83. The van der Waals surface area contributed by atoms with E-state index in [0.29, 0.717) is 11.8 Å². The van der Waals surface area contributed by atoms with Crippen LogP contribution in [-0.2, 0) is 0 Å². The molecule has 3 nitrogen and oxygen atoms in total. The fourth-order valence-electron chi connectivity index (χ4n) is 2.75. The van der Waals surface area contributed by atoms with Gasteiger partial charge in [-0.25, -0.2) is 0 Å². The Morgan fingerprint density at radius 3 is 2.00 bits per heavy atom. The number of rotatable bonds is 0. The number of nitrogens with one attached hydrogen (secondary N) is 1. The van der Waals surface area contributed by atoms with Gasteiger partial charge in [-0.15, -0.1) is 0 Å². The van der Waals surface area contributed by atoms with Gasteiger partial charge in [0.1, 0.15) is 0 Å². The fraction of sp³-hybridized carbons (Fsp3) is 0.455. The Balaban J connectivity index is 2.25. The summed E-state index contributed by atoms with van der Waals surface area (Å²) in [4.78, 5) is 2.62. The highest BCUT2D eigenvalue weighted by Crippen LogP contribution is 2.49. The average Bonchev–Trinajstić information content (AvgIpc) is 2.42. The Kier molecular flexibility index (Phi) is 1.46. The smallest absolute Gasteiger partial charge is 0.195 e. The standard InChI is InChI=1S/C11H13NO2/c13-10-8-6-2-1-3-7(5-4-6)9(8)11(14)12-10/h4-7,12-14H,1-3H2. The minimum Gasteiger partial charge on any atom is -0.494 e. The van der Waals surface area contributed by atoms with Crippen LogP contribution in [0.15, 0.2) is 12.2 Å². The molecule has 14 heavy (non-hydrogen) atoms. The number of hydrogen-bond donors (Lipinski definition) is 3. The number of aromatic hydroxyl groups is 2. The number of aromatic nitrogens is 1. The van der Waals surface area contributed by atoms with Crippen LogP contribution in [0.25, 0.3) is 0 Å². The van der Waals surface area contributed by atoms with Gasteiger partial charge in [-0.05, 0) is 12.8 Å². The summed E-state index contributed by atoms with van der Waals surface area (Å²) in [5.74, 6) is 0.888. The monoisotopic (exact) mass is 191 g/mol. The molecule has 0 amide bonds. The molecule has 3 heteroatoms. The van der Waals surface area contributed by atoms with Crippen LogP contribution in [0.1, 0.15) is 42.2 Å². The number of H-pyrrole nitrogens is 1. The predicted molar refractivity (Wildman–Crippen MR) is 52.6 cm³/mol. The molecule has 0 aromatic carbocycles. The maximum absolute atomic E-state index is 9.67. The summed E-state index contributed by atoms with van der Waals surface area (Å²) in [5, 5.41) is 19.3. The van der Waals surface area contributed by atoms with E-state index in [9.17, 15) is 10.2 Å². The van der Waals surface area contributed by atoms with E-state index in [1.54, 1.807) is 0 Å². The molecule has 2 bridgehead atoms. The third-order valence-corrected chi connectivity index (χ3v) is 3.38. The molecule has 3 aliphatic carbocycles. The molecule has 0 aliphatic heterocycles. The predicted octanol–water partition coefficient (Wildman–Crippen LogP) is 2.35. The molecule has 2 atom stereocenters. The molecule has 3 N–H and O–H groups in total. The fourth-order valence-corrected chi connectivity index (χ4v) is 2.75. The van der Waals surface area contributed by atoms with Crippen LogP contribution >= 0.6 is 0 Å². The lowest BCUT2D eigenvalue weighted by atomic mass is 9.86. The van der Waals surface area contributed by atoms with Crippen LogP contribution in [0.2, 0.25) is 0 Å². The number of hydrogen-bond acceptors (Lipinski definition) is 2. The molecule has 0 spiro atoms. The van der Waals surface area contributed by atoms with Gasteiger partial charge in [0.05, 0.1) is 0 Å². The summed E-state index contributed by atoms with van der Waals surface area (Å²) in [6.45, 7) is 0. The van der Waals surface area contributed by atoms with Crippen molar-refractivity contribution in [2.24, 2.45) is 0 Å². The number of fused-ring (bicyclic) bond motifs is 2. The highest BCUT2D eigenvalue weighted by Gasteiger charge is 2.33. The van der Waals surface area contributed by atoms with Gasteiger partial charge in [-0.2, -0.15) is 0 Å². The van der Waals surface area contributed by atoms with Crippen LogP contribution < -0.4 is 0 Å². The van der Waals surface area contributed by atoms with Crippen molar-refractivity contribution in [2.45, 2.75) is 31.1 Å². The first-order valence-electron chi connectivity index (χ1n) is 5.09. The molecule has 2 unspecified atom stereocenters. The largest absolute Gasteiger partial charge is 0.494 e. The molecule has 1 aromatic heterocycles. The average molecular weight is 191 g/mol. The zero-order valence-electron chi connectivity index (χ0n) is 7.83. The van der Waals surface area contributed by atoms with Crippen LogP contribution in [0.3, 0.4) is 0 Å². The lowest BCUT2D eigenvalue weighted by Gasteiger charge is -2.17. The SMILES string of the molecule is Oc1[nH]c(O)c2c1C1C=CC2CCC1. The Morgan fingerprint density at radius 2 is 1.50 bits per heavy atom. The van der Waals surface area contributed by atoms with E-state index in [4.69, 9.17) is 0 Å². The van der Waals surface area contributed by atoms with Crippen LogP contribution in [-0.4, -0.2) is 15.2 Å². The van der Waals surface area contributed by atoms with Crippen molar-refractivity contribution in [2.75, 3.05) is 0 Å². The van der Waals surface area contributed by atoms with Crippen LogP contribution in [0.4, 0.5) is 0 Å². The minimum absolute atomic E-state index is 0.152. The molecule has 74 valence electrons. The first-order valence-corrected chi connectivity index (χ1v) is 5.09. The lowest BCUT2D eigenvalue weighted by molar-refractivity contribution is 0.419. The van der Waals surface area contributed by atoms with Crippen molar-refractivity contribution in [1.82, 2.24) is 4.98 Å². The normalized spacial score (nSPS) is 28.9. The Morgan fingerprint density at radius 1 is 1.00 bits per heavy atom. The molecule has 0 radical (unpaired) electrons. The van der Waals surface area contributed by atoms with E-state index in [1.807, 2.05) is 0 Å². The molecule has 3 aliphatic rings. The first-order chi connectivity index (χ1) is 6.77. The summed E-state index contributed by atoms with van der Waals surface area (Å²) in [7, 11) is 0. The zero-order chi connectivity index (χ0) is 9.71. The van der Waals surface area contributed by atoms with E-state index in [1.165, 1.54) is 0 Å². The molecule has 4 rings (SSSR count). The summed E-state index contributed by atoms with van der Waals surface area (Å²) < 4.78 is 0. The summed E-state index contributed by atoms with van der Waals surface area (Å²) >= 11 is 0. The lowest BCUT2D eigenvalue weighted by Crippen LogP contribution is -2.02. The maximum atomic E-state index is 9.67. The van der Waals surface area contributed by atoms with Crippen molar-refractivity contribution in [3.63, 3.8) is 0 Å². The Hall–Kier alpha value is -1.38. The third-order valence-electron chi connectivity index (χ3n) is 3.38. The summed E-state index contributed by atoms with van der Waals surface area (Å²) in [5.41, 5.74) is 1.85. The van der Waals surface area contributed by atoms with Gasteiger partial charge in [0.2, 0.25) is 0 Å². The topological polar surface area (TPSA) is 56.2 Å². The summed E-state index contributed by atoms with van der Waals surface area (Å²) in [6, 6.07) is 0. The molecular weight excluding hydrogens is 178 g/mol. The van der Waals surface area contributed by atoms with Gasteiger partial charge in [0.15, 0.2) is 11.8 Å². The molecule has 1 heterocycles. The van der Waals surface area contributed by atoms with E-state index < -0.39 is 0 Å². The minimum atomic E-state index is 0.152. The van der Waals surface area contributed by atoms with E-state index in [2.05, 4.69) is 17.1 Å². The third kappa shape index (κ3) is 0.870. The van der Waals surface area contributed by atoms with Crippen molar-refractivity contribution in [3.05, 3.63) is 23.3 Å².